The van der Waals surface area contributed by atoms with E-state index >= 15 is 0 Å². The van der Waals surface area contributed by atoms with Crippen LogP contribution < -0.4 is 0 Å². The van der Waals surface area contributed by atoms with Crippen LogP contribution in [0.25, 0.3) is 0 Å². The standard InChI is InChI=1S/C19H25BrO2Si/c1-19(2,3)23(4,5)22-17-11-7-9-15(13-17)18(21)14-8-6-10-16(20)12-14/h6-12,15H,13H2,1-5H3. The maximum absolute atomic E-state index is 12.7. The lowest BCUT2D eigenvalue weighted by molar-refractivity contribution is 0.0937. The third-order valence-corrected chi connectivity index (χ3v) is 9.56. The minimum Gasteiger partial charge on any atom is -0.546 e. The molecule has 1 aromatic carbocycles. The van der Waals surface area contributed by atoms with E-state index in [0.29, 0.717) is 6.42 Å². The molecule has 1 aliphatic carbocycles. The third kappa shape index (κ3) is 4.45. The van der Waals surface area contributed by atoms with Gasteiger partial charge in [0.1, 0.15) is 0 Å². The first kappa shape index (κ1) is 18.2. The average molecular weight is 393 g/mol. The summed E-state index contributed by atoms with van der Waals surface area (Å²) >= 11 is 3.43. The van der Waals surface area contributed by atoms with Gasteiger partial charge in [-0.15, -0.1) is 0 Å². The molecule has 4 heteroatoms. The van der Waals surface area contributed by atoms with Gasteiger partial charge in [-0.05, 0) is 36.3 Å². The third-order valence-electron chi connectivity index (χ3n) is 4.68. The second kappa shape index (κ2) is 6.77. The Morgan fingerprint density at radius 3 is 2.61 bits per heavy atom. The molecule has 0 amide bonds. The van der Waals surface area contributed by atoms with Gasteiger partial charge in [0.05, 0.1) is 5.76 Å². The molecule has 0 aliphatic heterocycles. The molecule has 0 saturated carbocycles. The van der Waals surface area contributed by atoms with Gasteiger partial charge in [0.25, 0.3) is 0 Å². The van der Waals surface area contributed by atoms with Crippen molar-refractivity contribution in [3.8, 4) is 0 Å². The van der Waals surface area contributed by atoms with E-state index in [1.54, 1.807) is 0 Å². The fourth-order valence-electron chi connectivity index (χ4n) is 2.24. The van der Waals surface area contributed by atoms with Gasteiger partial charge in [-0.25, -0.2) is 0 Å². The van der Waals surface area contributed by atoms with Crippen molar-refractivity contribution in [2.45, 2.75) is 45.3 Å². The van der Waals surface area contributed by atoms with E-state index in [2.05, 4.69) is 49.8 Å². The summed E-state index contributed by atoms with van der Waals surface area (Å²) in [7, 11) is -1.87. The van der Waals surface area contributed by atoms with Crippen molar-refractivity contribution >= 4 is 30.0 Å². The van der Waals surface area contributed by atoms with Crippen LogP contribution in [0.3, 0.4) is 0 Å². The van der Waals surface area contributed by atoms with Crippen molar-refractivity contribution in [2.24, 2.45) is 5.92 Å². The summed E-state index contributed by atoms with van der Waals surface area (Å²) in [4.78, 5) is 12.7. The summed E-state index contributed by atoms with van der Waals surface area (Å²) in [5.41, 5.74) is 0.739. The second-order valence-corrected chi connectivity index (χ2v) is 13.2. The number of carbonyl (C=O) groups excluding carboxylic acids is 1. The molecule has 1 unspecified atom stereocenters. The van der Waals surface area contributed by atoms with Gasteiger partial charge in [-0.3, -0.25) is 4.79 Å². The summed E-state index contributed by atoms with van der Waals surface area (Å²) in [5.74, 6) is 0.938. The number of Topliss-reactive ketones (excluding diaryl/α,β-unsaturated/α-hetero) is 1. The van der Waals surface area contributed by atoms with Crippen molar-refractivity contribution in [1.82, 2.24) is 0 Å². The average Bonchev–Trinajstić information content (AvgIpc) is 2.45. The molecule has 0 aromatic heterocycles. The van der Waals surface area contributed by atoms with Gasteiger partial charge in [-0.1, -0.05) is 61.0 Å². The van der Waals surface area contributed by atoms with Crippen LogP contribution >= 0.6 is 15.9 Å². The first-order valence-corrected chi connectivity index (χ1v) is 11.7. The Labute approximate surface area is 148 Å². The Balaban J connectivity index is 2.11. The maximum atomic E-state index is 12.7. The molecule has 2 nitrogen and oxygen atoms in total. The van der Waals surface area contributed by atoms with Crippen LogP contribution in [-0.4, -0.2) is 14.1 Å². The number of hydrogen-bond acceptors (Lipinski definition) is 2. The van der Waals surface area contributed by atoms with Gasteiger partial charge < -0.3 is 4.43 Å². The second-order valence-electron chi connectivity index (χ2n) is 7.57. The molecule has 0 heterocycles. The van der Waals surface area contributed by atoms with Crippen LogP contribution in [0, 0.1) is 5.92 Å². The molecule has 0 saturated heterocycles. The zero-order chi connectivity index (χ0) is 17.3. The van der Waals surface area contributed by atoms with Crippen molar-refractivity contribution in [1.29, 1.82) is 0 Å². The van der Waals surface area contributed by atoms with Crippen LogP contribution in [0.1, 0.15) is 37.6 Å². The lowest BCUT2D eigenvalue weighted by atomic mass is 9.91. The Bertz CT molecular complexity index is 654. The van der Waals surface area contributed by atoms with Crippen molar-refractivity contribution in [2.75, 3.05) is 0 Å². The fraction of sp³-hybridized carbons (Fsp3) is 0.421. The number of rotatable bonds is 4. The molecule has 1 aromatic rings. The molecule has 0 N–H and O–H groups in total. The van der Waals surface area contributed by atoms with Crippen LogP contribution in [-0.2, 0) is 4.43 Å². The minimum absolute atomic E-state index is 0.144. The molecule has 124 valence electrons. The SMILES string of the molecule is CC(C)(C)[Si](C)(C)OC1=CC=CC(C(=O)c2cccc(Br)c2)C1. The van der Waals surface area contributed by atoms with Gasteiger partial charge in [0, 0.05) is 22.4 Å². The summed E-state index contributed by atoms with van der Waals surface area (Å²) in [6, 6.07) is 7.57. The molecule has 1 aliphatic rings. The summed E-state index contributed by atoms with van der Waals surface area (Å²) < 4.78 is 7.30. The normalized spacial score (nSPS) is 18.5. The molecule has 2 rings (SSSR count). The van der Waals surface area contributed by atoms with E-state index in [-0.39, 0.29) is 16.7 Å². The zero-order valence-electron chi connectivity index (χ0n) is 14.5. The first-order valence-electron chi connectivity index (χ1n) is 7.96. The number of carbonyl (C=O) groups is 1. The number of hydrogen-bond donors (Lipinski definition) is 0. The minimum atomic E-state index is -1.87. The summed E-state index contributed by atoms with van der Waals surface area (Å²) in [6.45, 7) is 11.1. The molecular weight excluding hydrogens is 368 g/mol. The van der Waals surface area contributed by atoms with E-state index in [4.69, 9.17) is 4.43 Å². The largest absolute Gasteiger partial charge is 0.546 e. The lowest BCUT2D eigenvalue weighted by Gasteiger charge is -2.38. The van der Waals surface area contributed by atoms with E-state index in [1.165, 1.54) is 0 Å². The lowest BCUT2D eigenvalue weighted by Crippen LogP contribution is -2.40. The van der Waals surface area contributed by atoms with E-state index in [9.17, 15) is 4.79 Å². The molecule has 1 atom stereocenters. The zero-order valence-corrected chi connectivity index (χ0v) is 17.1. The maximum Gasteiger partial charge on any atom is 0.250 e. The van der Waals surface area contributed by atoms with E-state index in [1.807, 2.05) is 42.5 Å². The molecule has 23 heavy (non-hydrogen) atoms. The van der Waals surface area contributed by atoms with Crippen molar-refractivity contribution < 1.29 is 9.22 Å². The highest BCUT2D eigenvalue weighted by molar-refractivity contribution is 9.10. The van der Waals surface area contributed by atoms with Crippen LogP contribution in [0.15, 0.2) is 52.7 Å². The summed E-state index contributed by atoms with van der Waals surface area (Å²) in [6.07, 6.45) is 6.58. The fourth-order valence-corrected chi connectivity index (χ4v) is 3.75. The molecule has 0 spiro atoms. The number of allylic oxidation sites excluding steroid dienone is 4. The van der Waals surface area contributed by atoms with Gasteiger partial charge in [0.15, 0.2) is 5.78 Å². The predicted molar refractivity (Wildman–Crippen MR) is 102 cm³/mol. The highest BCUT2D eigenvalue weighted by Gasteiger charge is 2.39. The van der Waals surface area contributed by atoms with E-state index < -0.39 is 8.32 Å². The Kier molecular flexibility index (Phi) is 5.36. The van der Waals surface area contributed by atoms with Gasteiger partial charge >= 0.3 is 0 Å². The van der Waals surface area contributed by atoms with Crippen molar-refractivity contribution in [3.63, 3.8) is 0 Å². The van der Waals surface area contributed by atoms with Crippen molar-refractivity contribution in [3.05, 3.63) is 58.3 Å². The Morgan fingerprint density at radius 2 is 2.00 bits per heavy atom. The molecular formula is C19H25BrO2Si. The van der Waals surface area contributed by atoms with Gasteiger partial charge in [0.2, 0.25) is 8.32 Å². The van der Waals surface area contributed by atoms with Crippen LogP contribution in [0.5, 0.6) is 0 Å². The molecule has 0 radical (unpaired) electrons. The van der Waals surface area contributed by atoms with Gasteiger partial charge in [-0.2, -0.15) is 0 Å². The Morgan fingerprint density at radius 1 is 1.30 bits per heavy atom. The number of benzene rings is 1. The topological polar surface area (TPSA) is 26.3 Å². The van der Waals surface area contributed by atoms with E-state index in [0.717, 1.165) is 15.8 Å². The highest BCUT2D eigenvalue weighted by atomic mass is 79.9. The van der Waals surface area contributed by atoms with Crippen LogP contribution in [0.2, 0.25) is 18.1 Å². The quantitative estimate of drug-likeness (QED) is 0.455. The number of halogens is 1. The molecule has 0 fully saturated rings. The monoisotopic (exact) mass is 392 g/mol. The molecule has 0 bridgehead atoms. The van der Waals surface area contributed by atoms with Crippen LogP contribution in [0.4, 0.5) is 0 Å². The highest BCUT2D eigenvalue weighted by Crippen LogP contribution is 2.39. The predicted octanol–water partition coefficient (Wildman–Crippen LogP) is 6.11. The Hall–Kier alpha value is -1.13. The smallest absolute Gasteiger partial charge is 0.250 e. The summed E-state index contributed by atoms with van der Waals surface area (Å²) in [5, 5.41) is 0.152. The number of ketones is 1. The first-order chi connectivity index (χ1) is 10.6.